The lowest BCUT2D eigenvalue weighted by atomic mass is 10.1. The fourth-order valence-electron chi connectivity index (χ4n) is 1.73. The molecular weight excluding hydrogens is 365 g/mol. The molecule has 2 rings (SSSR count). The van der Waals surface area contributed by atoms with Gasteiger partial charge in [0.15, 0.2) is 5.96 Å². The van der Waals surface area contributed by atoms with Gasteiger partial charge in [0, 0.05) is 5.69 Å². The first kappa shape index (κ1) is 16.6. The van der Waals surface area contributed by atoms with Crippen molar-refractivity contribution in [1.29, 1.82) is 0 Å². The molecule has 2 aromatic rings. The second kappa shape index (κ2) is 7.94. The summed E-state index contributed by atoms with van der Waals surface area (Å²) in [6.07, 6.45) is 2.69. The standard InChI is InChI=1S/C15H19N3O.HI/c1-3-12-4-6-13(7-5-12)18-15(16)17-10-14-11(2)8-9-19-14;/h4-9H,3,10H2,1-2H3,(H3,16,17,18);1H. The average molecular weight is 385 g/mol. The SMILES string of the molecule is CCc1ccc(NC(N)=NCc2occc2C)cc1.I. The number of halogens is 1. The molecule has 1 heterocycles. The molecule has 108 valence electrons. The Kier molecular flexibility index (Phi) is 6.57. The fourth-order valence-corrected chi connectivity index (χ4v) is 1.73. The third-order valence-corrected chi connectivity index (χ3v) is 3.00. The zero-order chi connectivity index (χ0) is 13.7. The van der Waals surface area contributed by atoms with E-state index in [1.807, 2.05) is 25.1 Å². The van der Waals surface area contributed by atoms with Crippen LogP contribution in [-0.4, -0.2) is 5.96 Å². The van der Waals surface area contributed by atoms with Gasteiger partial charge in [0.1, 0.15) is 12.3 Å². The number of hydrogen-bond acceptors (Lipinski definition) is 2. The monoisotopic (exact) mass is 385 g/mol. The molecule has 0 spiro atoms. The van der Waals surface area contributed by atoms with Crippen molar-refractivity contribution in [2.75, 3.05) is 5.32 Å². The van der Waals surface area contributed by atoms with Crippen molar-refractivity contribution in [2.45, 2.75) is 26.8 Å². The molecule has 5 heteroatoms. The van der Waals surface area contributed by atoms with E-state index in [1.54, 1.807) is 6.26 Å². The van der Waals surface area contributed by atoms with Gasteiger partial charge in [-0.05, 0) is 42.7 Å². The number of rotatable bonds is 4. The molecule has 0 amide bonds. The summed E-state index contributed by atoms with van der Waals surface area (Å²) in [7, 11) is 0. The Balaban J connectivity index is 0.00000200. The van der Waals surface area contributed by atoms with Crippen LogP contribution in [0.15, 0.2) is 46.0 Å². The highest BCUT2D eigenvalue weighted by atomic mass is 127. The topological polar surface area (TPSA) is 63.5 Å². The first-order valence-corrected chi connectivity index (χ1v) is 6.38. The summed E-state index contributed by atoms with van der Waals surface area (Å²) in [5.74, 6) is 1.23. The number of benzene rings is 1. The number of nitrogens with zero attached hydrogens (tertiary/aromatic N) is 1. The van der Waals surface area contributed by atoms with Gasteiger partial charge in [0.2, 0.25) is 0 Å². The number of guanidine groups is 1. The van der Waals surface area contributed by atoms with E-state index in [0.29, 0.717) is 12.5 Å². The van der Waals surface area contributed by atoms with Crippen LogP contribution in [-0.2, 0) is 13.0 Å². The molecule has 20 heavy (non-hydrogen) atoms. The number of furan rings is 1. The van der Waals surface area contributed by atoms with Crippen LogP contribution >= 0.6 is 24.0 Å². The Morgan fingerprint density at radius 2 is 1.95 bits per heavy atom. The van der Waals surface area contributed by atoms with Crippen LogP contribution in [0.3, 0.4) is 0 Å². The lowest BCUT2D eigenvalue weighted by Gasteiger charge is -2.06. The highest BCUT2D eigenvalue weighted by molar-refractivity contribution is 14.0. The average Bonchev–Trinajstić information content (AvgIpc) is 2.83. The second-order valence-corrected chi connectivity index (χ2v) is 4.40. The molecule has 1 aromatic heterocycles. The smallest absolute Gasteiger partial charge is 0.193 e. The van der Waals surface area contributed by atoms with Gasteiger partial charge in [0.25, 0.3) is 0 Å². The molecule has 0 aliphatic carbocycles. The molecule has 0 aliphatic rings. The summed E-state index contributed by atoms with van der Waals surface area (Å²) in [4.78, 5) is 4.25. The van der Waals surface area contributed by atoms with Crippen LogP contribution in [0.2, 0.25) is 0 Å². The minimum absolute atomic E-state index is 0. The maximum atomic E-state index is 5.84. The summed E-state index contributed by atoms with van der Waals surface area (Å²) in [6.45, 7) is 4.57. The highest BCUT2D eigenvalue weighted by Crippen LogP contribution is 2.11. The summed E-state index contributed by atoms with van der Waals surface area (Å²) in [5, 5.41) is 3.06. The number of nitrogens with one attached hydrogen (secondary N) is 1. The van der Waals surface area contributed by atoms with E-state index in [9.17, 15) is 0 Å². The van der Waals surface area contributed by atoms with Gasteiger partial charge in [-0.15, -0.1) is 24.0 Å². The molecular formula is C15H20IN3O. The molecule has 0 fully saturated rings. The van der Waals surface area contributed by atoms with Crippen LogP contribution in [0.1, 0.15) is 23.8 Å². The molecule has 0 bridgehead atoms. The van der Waals surface area contributed by atoms with Crippen molar-refractivity contribution in [1.82, 2.24) is 0 Å². The largest absolute Gasteiger partial charge is 0.467 e. The Morgan fingerprint density at radius 3 is 2.50 bits per heavy atom. The van der Waals surface area contributed by atoms with E-state index < -0.39 is 0 Å². The Hall–Kier alpha value is -1.50. The van der Waals surface area contributed by atoms with E-state index >= 15 is 0 Å². The molecule has 0 saturated heterocycles. The summed E-state index contributed by atoms with van der Waals surface area (Å²) < 4.78 is 5.30. The van der Waals surface area contributed by atoms with Crippen molar-refractivity contribution in [2.24, 2.45) is 10.7 Å². The Labute approximate surface area is 136 Å². The normalized spacial score (nSPS) is 11.0. The zero-order valence-corrected chi connectivity index (χ0v) is 14.0. The van der Waals surface area contributed by atoms with Gasteiger partial charge in [0.05, 0.1) is 6.26 Å². The fraction of sp³-hybridized carbons (Fsp3) is 0.267. The third kappa shape index (κ3) is 4.56. The van der Waals surface area contributed by atoms with E-state index in [-0.39, 0.29) is 24.0 Å². The van der Waals surface area contributed by atoms with Gasteiger partial charge in [-0.1, -0.05) is 19.1 Å². The van der Waals surface area contributed by atoms with Crippen LogP contribution in [0.25, 0.3) is 0 Å². The molecule has 1 aromatic carbocycles. The van der Waals surface area contributed by atoms with E-state index in [4.69, 9.17) is 10.2 Å². The Morgan fingerprint density at radius 1 is 1.25 bits per heavy atom. The number of aryl methyl sites for hydroxylation is 2. The lowest BCUT2D eigenvalue weighted by molar-refractivity contribution is 0.510. The third-order valence-electron chi connectivity index (χ3n) is 3.00. The van der Waals surface area contributed by atoms with Crippen molar-refractivity contribution < 1.29 is 4.42 Å². The van der Waals surface area contributed by atoms with Gasteiger partial charge >= 0.3 is 0 Å². The quantitative estimate of drug-likeness (QED) is 0.479. The van der Waals surface area contributed by atoms with Crippen LogP contribution in [0.4, 0.5) is 5.69 Å². The van der Waals surface area contributed by atoms with Gasteiger partial charge in [-0.2, -0.15) is 0 Å². The lowest BCUT2D eigenvalue weighted by Crippen LogP contribution is -2.22. The minimum atomic E-state index is 0. The zero-order valence-electron chi connectivity index (χ0n) is 11.7. The van der Waals surface area contributed by atoms with Crippen molar-refractivity contribution in [3.63, 3.8) is 0 Å². The van der Waals surface area contributed by atoms with Crippen molar-refractivity contribution in [3.8, 4) is 0 Å². The predicted octanol–water partition coefficient (Wildman–Crippen LogP) is 3.70. The highest BCUT2D eigenvalue weighted by Gasteiger charge is 2.01. The van der Waals surface area contributed by atoms with E-state index in [2.05, 4.69) is 29.4 Å². The number of anilines is 1. The molecule has 0 saturated carbocycles. The molecule has 0 unspecified atom stereocenters. The summed E-state index contributed by atoms with van der Waals surface area (Å²) in [6, 6.07) is 10.1. The molecule has 0 aliphatic heterocycles. The maximum absolute atomic E-state index is 5.84. The number of hydrogen-bond donors (Lipinski definition) is 2. The van der Waals surface area contributed by atoms with Crippen molar-refractivity contribution in [3.05, 3.63) is 53.5 Å². The molecule has 4 nitrogen and oxygen atoms in total. The predicted molar refractivity (Wildman–Crippen MR) is 93.6 cm³/mol. The minimum Gasteiger partial charge on any atom is -0.467 e. The first-order chi connectivity index (χ1) is 9.19. The Bertz CT molecular complexity index is 561. The van der Waals surface area contributed by atoms with Crippen LogP contribution < -0.4 is 11.1 Å². The molecule has 0 atom stereocenters. The van der Waals surface area contributed by atoms with Gasteiger partial charge in [-0.25, -0.2) is 4.99 Å². The second-order valence-electron chi connectivity index (χ2n) is 4.40. The first-order valence-electron chi connectivity index (χ1n) is 6.38. The van der Waals surface area contributed by atoms with Gasteiger partial charge < -0.3 is 15.5 Å². The van der Waals surface area contributed by atoms with Crippen LogP contribution in [0.5, 0.6) is 0 Å². The maximum Gasteiger partial charge on any atom is 0.193 e. The summed E-state index contributed by atoms with van der Waals surface area (Å²) in [5.41, 5.74) is 9.16. The van der Waals surface area contributed by atoms with Crippen molar-refractivity contribution >= 4 is 35.6 Å². The van der Waals surface area contributed by atoms with E-state index in [1.165, 1.54) is 5.56 Å². The molecule has 3 N–H and O–H groups in total. The number of nitrogens with two attached hydrogens (primary N) is 1. The van der Waals surface area contributed by atoms with Crippen LogP contribution in [0, 0.1) is 6.92 Å². The number of aliphatic imine (C=N–C) groups is 1. The summed E-state index contributed by atoms with van der Waals surface area (Å²) >= 11 is 0. The van der Waals surface area contributed by atoms with Gasteiger partial charge in [-0.3, -0.25) is 0 Å². The molecule has 0 radical (unpaired) electrons. The van der Waals surface area contributed by atoms with E-state index in [0.717, 1.165) is 23.4 Å².